The van der Waals surface area contributed by atoms with Gasteiger partial charge in [-0.3, -0.25) is 0 Å². The zero-order valence-corrected chi connectivity index (χ0v) is 28.1. The summed E-state index contributed by atoms with van der Waals surface area (Å²) in [4.78, 5) is 0. The van der Waals surface area contributed by atoms with Crippen LogP contribution in [0.4, 0.5) is 70.2 Å². The second kappa shape index (κ2) is 13.7. The third-order valence-corrected chi connectivity index (χ3v) is 7.04. The van der Waals surface area contributed by atoms with Crippen LogP contribution in [0.25, 0.3) is 0 Å². The first-order chi connectivity index (χ1) is 16.5. The van der Waals surface area contributed by atoms with E-state index in [1.807, 2.05) is 0 Å². The molecule has 0 N–H and O–H groups in total. The second-order valence-electron chi connectivity index (χ2n) is 6.18. The third kappa shape index (κ3) is 8.25. The maximum atomic E-state index is 12.5. The Kier molecular flexibility index (Phi) is 16.6. The van der Waals surface area contributed by atoms with Crippen molar-refractivity contribution in [1.82, 2.24) is 0 Å². The standard InChI is InChI=1S/2C4H2F8O6S2.2K/c2*5-1(6,3(9,10)19(13,14)15)2(7,8)4(11,12)20(16,17)18;;/h2*(H,13,14,15)(H,16,17,18);;/q;;2*+1/p-2. The zero-order valence-electron chi connectivity index (χ0n) is 20.6. The van der Waals surface area contributed by atoms with E-state index in [1.54, 1.807) is 0 Å². The van der Waals surface area contributed by atoms with Crippen LogP contribution in [-0.4, -0.2) is 96.6 Å². The first-order valence-corrected chi connectivity index (χ1v) is 13.0. The first kappa shape index (κ1) is 50.6. The quantitative estimate of drug-likeness (QED) is 0.115. The fraction of sp³-hybridized carbons (Fsp3) is 1.00. The number of halogens is 16. The van der Waals surface area contributed by atoms with E-state index in [4.69, 9.17) is 0 Å². The molecule has 0 aromatic heterocycles. The fourth-order valence-corrected chi connectivity index (χ4v) is 3.13. The summed E-state index contributed by atoms with van der Waals surface area (Å²) in [6.45, 7) is 0. The summed E-state index contributed by atoms with van der Waals surface area (Å²) in [5.41, 5.74) is 0. The minimum atomic E-state index is -7.68. The van der Waals surface area contributed by atoms with E-state index in [-0.39, 0.29) is 106 Å². The van der Waals surface area contributed by atoms with Crippen molar-refractivity contribution in [2.24, 2.45) is 0 Å². The topological polar surface area (TPSA) is 229 Å². The predicted octanol–water partition coefficient (Wildman–Crippen LogP) is -4.70. The maximum absolute atomic E-state index is 12.5. The van der Waals surface area contributed by atoms with Gasteiger partial charge < -0.3 is 18.2 Å². The maximum Gasteiger partial charge on any atom is 1.00 e. The van der Waals surface area contributed by atoms with Gasteiger partial charge in [0, 0.05) is 0 Å². The molecule has 0 heterocycles. The molecule has 0 fully saturated rings. The summed E-state index contributed by atoms with van der Waals surface area (Å²) in [7, 11) is -30.4. The van der Waals surface area contributed by atoms with Crippen LogP contribution >= 0.6 is 0 Å². The van der Waals surface area contributed by atoms with E-state index in [0.717, 1.165) is 0 Å². The van der Waals surface area contributed by atoms with Crippen LogP contribution in [0.2, 0.25) is 0 Å². The molecule has 244 valence electrons. The van der Waals surface area contributed by atoms with Gasteiger partial charge >= 0.3 is 150 Å². The molecule has 12 nitrogen and oxygen atoms in total. The molecule has 34 heteroatoms. The number of hydrogen-bond donors (Lipinski definition) is 0. The average Bonchev–Trinajstić information content (AvgIpc) is 2.63. The van der Waals surface area contributed by atoms with Crippen molar-refractivity contribution in [3.8, 4) is 0 Å². The van der Waals surface area contributed by atoms with Gasteiger partial charge in [-0.05, 0) is 0 Å². The van der Waals surface area contributed by atoms with Gasteiger partial charge in [0.25, 0.3) is 0 Å². The summed E-state index contributed by atoms with van der Waals surface area (Å²) in [5, 5.41) is -29.2. The fourth-order valence-electron chi connectivity index (χ4n) is 1.36. The Morgan fingerprint density at radius 2 is 0.381 bits per heavy atom. The Morgan fingerprint density at radius 1 is 0.310 bits per heavy atom. The molecule has 0 bridgehead atoms. The third-order valence-electron chi connectivity index (χ3n) is 3.51. The molecule has 0 spiro atoms. The smallest absolute Gasteiger partial charge is 0.743 e. The summed E-state index contributed by atoms with van der Waals surface area (Å²) < 4.78 is 316. The number of rotatable bonds is 10. The van der Waals surface area contributed by atoms with Gasteiger partial charge in [0.05, 0.1) is 0 Å². The molecule has 0 unspecified atom stereocenters. The molecule has 42 heavy (non-hydrogen) atoms. The molecule has 0 aromatic rings. The molecule has 0 radical (unpaired) electrons. The van der Waals surface area contributed by atoms with Crippen LogP contribution in [0.5, 0.6) is 0 Å². The Morgan fingerprint density at radius 3 is 0.429 bits per heavy atom. The van der Waals surface area contributed by atoms with Crippen molar-refractivity contribution in [3.05, 3.63) is 0 Å². The summed E-state index contributed by atoms with van der Waals surface area (Å²) in [6.07, 6.45) is 0. The normalized spacial score (nSPS) is 15.5. The van der Waals surface area contributed by atoms with Crippen molar-refractivity contribution in [1.29, 1.82) is 0 Å². The summed E-state index contributed by atoms with van der Waals surface area (Å²) in [6, 6.07) is 0. The van der Waals surface area contributed by atoms with E-state index < -0.39 is 85.2 Å². The van der Waals surface area contributed by atoms with Gasteiger partial charge in [-0.25, -0.2) is 33.7 Å². The average molecular weight is 801 g/mol. The van der Waals surface area contributed by atoms with Crippen molar-refractivity contribution in [2.45, 2.75) is 44.7 Å². The van der Waals surface area contributed by atoms with Crippen LogP contribution in [-0.2, 0) is 40.5 Å². The largest absolute Gasteiger partial charge is 1.00 e. The molecule has 0 aliphatic carbocycles. The van der Waals surface area contributed by atoms with E-state index in [2.05, 4.69) is 0 Å². The van der Waals surface area contributed by atoms with Crippen LogP contribution < -0.4 is 103 Å². The zero-order chi connectivity index (χ0) is 34.0. The number of hydrogen-bond acceptors (Lipinski definition) is 12. The Balaban J connectivity index is -0.000000150. The number of alkyl halides is 16. The van der Waals surface area contributed by atoms with Gasteiger partial charge in [-0.2, -0.15) is 70.2 Å². The van der Waals surface area contributed by atoms with Crippen molar-refractivity contribution >= 4 is 40.5 Å². The Labute approximate surface area is 308 Å². The molecule has 0 saturated heterocycles. The molecule has 0 aliphatic heterocycles. The Bertz CT molecular complexity index is 1200. The Hall–Kier alpha value is 1.79. The SMILES string of the molecule is O=S(=O)([O-])C(F)(F)C(F)(F)C(F)(F)C(F)(F)S(=O)(=O)[O-].O=S(=O)([O-])C(F)(F)C(F)(F)C(F)(F)C(F)(F)S(=O)(=O)[O-].[H+].[H+].[K+].[K+]. The molecular formula is C8H2F16K2O12S4. The van der Waals surface area contributed by atoms with Crippen molar-refractivity contribution in [2.75, 3.05) is 0 Å². The van der Waals surface area contributed by atoms with Gasteiger partial charge in [0.15, 0.2) is 40.5 Å². The molecule has 0 amide bonds. The van der Waals surface area contributed by atoms with Crippen molar-refractivity contribution in [3.63, 3.8) is 0 Å². The van der Waals surface area contributed by atoms with E-state index in [9.17, 15) is 122 Å². The minimum Gasteiger partial charge on any atom is -0.743 e. The molecule has 0 rings (SSSR count). The molecule has 0 aliphatic rings. The van der Waals surface area contributed by atoms with Crippen LogP contribution in [0.1, 0.15) is 2.85 Å². The van der Waals surface area contributed by atoms with E-state index in [1.165, 1.54) is 0 Å². The van der Waals surface area contributed by atoms with Gasteiger partial charge in [0.2, 0.25) is 0 Å². The van der Waals surface area contributed by atoms with E-state index in [0.29, 0.717) is 0 Å². The van der Waals surface area contributed by atoms with E-state index >= 15 is 0 Å². The summed E-state index contributed by atoms with van der Waals surface area (Å²) in [5.74, 6) is -30.7. The molecular weight excluding hydrogens is 799 g/mol. The molecule has 0 atom stereocenters. The van der Waals surface area contributed by atoms with Crippen LogP contribution in [0, 0.1) is 0 Å². The first-order valence-electron chi connectivity index (χ1n) is 7.34. The van der Waals surface area contributed by atoms with Crippen molar-refractivity contribution < 1.29 is 228 Å². The monoisotopic (exact) mass is 800 g/mol. The predicted molar refractivity (Wildman–Crippen MR) is 80.6 cm³/mol. The molecule has 0 aromatic carbocycles. The summed E-state index contributed by atoms with van der Waals surface area (Å²) >= 11 is 0. The second-order valence-corrected chi connectivity index (χ2v) is 11.9. The molecule has 0 saturated carbocycles. The van der Waals surface area contributed by atoms with Crippen LogP contribution in [0.15, 0.2) is 0 Å². The van der Waals surface area contributed by atoms with Gasteiger partial charge in [-0.15, -0.1) is 0 Å². The van der Waals surface area contributed by atoms with Gasteiger partial charge in [0.1, 0.15) is 0 Å². The minimum absolute atomic E-state index is 0. The van der Waals surface area contributed by atoms with Gasteiger partial charge in [-0.1, -0.05) is 0 Å². The van der Waals surface area contributed by atoms with Crippen LogP contribution in [0.3, 0.4) is 0 Å².